The molecule has 2 heterocycles. The average molecular weight is 515 g/mol. The number of nitrogens with one attached hydrogen (secondary N) is 3. The Bertz CT molecular complexity index is 918. The van der Waals surface area contributed by atoms with Crippen LogP contribution in [-0.2, 0) is 15.4 Å². The van der Waals surface area contributed by atoms with Crippen LogP contribution in [0.3, 0.4) is 0 Å². The third kappa shape index (κ3) is 8.98. The van der Waals surface area contributed by atoms with Crippen LogP contribution in [0, 0.1) is 5.92 Å². The molecule has 0 aliphatic carbocycles. The number of carbonyl (C=O) groups excluding carboxylic acids is 1. The van der Waals surface area contributed by atoms with Crippen molar-refractivity contribution < 1.29 is 13.2 Å². The van der Waals surface area contributed by atoms with Crippen LogP contribution in [0.2, 0.25) is 0 Å². The minimum atomic E-state index is -3.33. The van der Waals surface area contributed by atoms with E-state index in [0.717, 1.165) is 25.0 Å². The Hall–Kier alpha value is -1.43. The lowest BCUT2D eigenvalue weighted by Gasteiger charge is -2.39. The molecule has 1 aliphatic heterocycles. The van der Waals surface area contributed by atoms with Gasteiger partial charge in [0.2, 0.25) is 10.0 Å². The first-order valence-electron chi connectivity index (χ1n) is 11.9. The number of carbonyl (C=O) groups is 1. The number of nitrogens with zero attached hydrogens (tertiary/aromatic N) is 3. The van der Waals surface area contributed by atoms with Gasteiger partial charge in [0.05, 0.1) is 6.26 Å². The van der Waals surface area contributed by atoms with Crippen molar-refractivity contribution in [3.8, 4) is 0 Å². The van der Waals surface area contributed by atoms with Gasteiger partial charge in [0, 0.05) is 49.9 Å². The summed E-state index contributed by atoms with van der Waals surface area (Å²) in [7, 11) is -3.33. The topological polar surface area (TPSA) is 116 Å². The molecule has 0 bridgehead atoms. The second-order valence-corrected chi connectivity index (χ2v) is 13.2. The molecule has 2 rings (SSSR count). The van der Waals surface area contributed by atoms with Crippen molar-refractivity contribution >= 4 is 33.5 Å². The molecule has 1 fully saturated rings. The van der Waals surface area contributed by atoms with Crippen molar-refractivity contribution in [3.05, 3.63) is 17.6 Å². The maximum atomic E-state index is 13.9. The Morgan fingerprint density at radius 1 is 1.32 bits per heavy atom. The summed E-state index contributed by atoms with van der Waals surface area (Å²) in [4.78, 5) is 25.0. The summed E-state index contributed by atoms with van der Waals surface area (Å²) in [5, 5.41) is 6.66. The summed E-state index contributed by atoms with van der Waals surface area (Å²) >= 11 is 1.79. The van der Waals surface area contributed by atoms with E-state index >= 15 is 0 Å². The zero-order chi connectivity index (χ0) is 25.5. The highest BCUT2D eigenvalue weighted by Gasteiger charge is 2.33. The van der Waals surface area contributed by atoms with Crippen molar-refractivity contribution in [3.63, 3.8) is 0 Å². The zero-order valence-electron chi connectivity index (χ0n) is 21.6. The van der Waals surface area contributed by atoms with Crippen LogP contribution in [0.1, 0.15) is 63.6 Å². The maximum Gasteiger partial charge on any atom is 0.259 e. The molecule has 0 spiro atoms. The summed E-state index contributed by atoms with van der Waals surface area (Å²) in [6.07, 6.45) is 6.39. The molecule has 1 aromatic rings. The monoisotopic (exact) mass is 514 g/mol. The number of amides is 1. The number of hydrogen-bond acceptors (Lipinski definition) is 8. The highest BCUT2D eigenvalue weighted by molar-refractivity contribution is 7.98. The quantitative estimate of drug-likeness (QED) is 0.385. The van der Waals surface area contributed by atoms with Crippen LogP contribution in [-0.4, -0.2) is 85.7 Å². The number of piperidine rings is 1. The third-order valence-corrected chi connectivity index (χ3v) is 6.94. The van der Waals surface area contributed by atoms with Crippen molar-refractivity contribution in [1.29, 1.82) is 0 Å². The minimum Gasteiger partial charge on any atom is -0.369 e. The van der Waals surface area contributed by atoms with Gasteiger partial charge in [-0.1, -0.05) is 34.6 Å². The molecule has 1 amide bonds. The molecule has 0 radical (unpaired) electrons. The van der Waals surface area contributed by atoms with Crippen LogP contribution in [0.5, 0.6) is 0 Å². The second kappa shape index (κ2) is 12.5. The fourth-order valence-corrected chi connectivity index (χ4v) is 5.17. The van der Waals surface area contributed by atoms with Crippen molar-refractivity contribution in [2.24, 2.45) is 5.92 Å². The second-order valence-electron chi connectivity index (χ2n) is 10.5. The fraction of sp³-hybridized carbons (Fsp3) is 0.783. The Kier molecular flexibility index (Phi) is 10.6. The summed E-state index contributed by atoms with van der Waals surface area (Å²) in [6, 6.07) is -0.408. The molecule has 1 aliphatic rings. The largest absolute Gasteiger partial charge is 0.369 e. The smallest absolute Gasteiger partial charge is 0.259 e. The molecule has 1 aromatic heterocycles. The summed E-state index contributed by atoms with van der Waals surface area (Å²) in [5.41, 5.74) is 0.211. The van der Waals surface area contributed by atoms with E-state index in [1.807, 2.05) is 4.90 Å². The van der Waals surface area contributed by atoms with Crippen LogP contribution in [0.4, 0.5) is 5.82 Å². The molecule has 11 heteroatoms. The lowest BCUT2D eigenvalue weighted by molar-refractivity contribution is 0.0608. The first-order chi connectivity index (χ1) is 15.8. The standard InChI is InChI=1S/C23H42N6O3S2/c1-16(2)15-29(18-11-17(12-24-13-18)28-34(7,31)32)21(30)19-14-26-22(23(3,4)5)27-20(19)25-9-8-10-33-6/h14,16-18,24,28H,8-13,15H2,1-7H3,(H,25,26,27)/t17-,18+/m1/s1. The molecule has 1 saturated heterocycles. The van der Waals surface area contributed by atoms with Gasteiger partial charge in [-0.3, -0.25) is 4.79 Å². The molecular weight excluding hydrogens is 472 g/mol. The molecule has 194 valence electrons. The number of thioether (sulfide) groups is 1. The SMILES string of the molecule is CSCCCNc1nc(C(C)(C)C)ncc1C(=O)N(CC(C)C)[C@@H]1CNC[C@H](NS(C)(=O)=O)C1. The normalized spacial score (nSPS) is 19.3. The van der Waals surface area contributed by atoms with E-state index in [1.54, 1.807) is 18.0 Å². The number of anilines is 1. The third-order valence-electron chi connectivity index (χ3n) is 5.48. The van der Waals surface area contributed by atoms with Crippen LogP contribution >= 0.6 is 11.8 Å². The van der Waals surface area contributed by atoms with E-state index in [-0.39, 0.29) is 29.3 Å². The number of sulfonamides is 1. The molecule has 0 aromatic carbocycles. The Morgan fingerprint density at radius 2 is 2.03 bits per heavy atom. The minimum absolute atomic E-state index is 0.131. The van der Waals surface area contributed by atoms with Crippen LogP contribution < -0.4 is 15.4 Å². The van der Waals surface area contributed by atoms with Crippen molar-refractivity contribution in [2.75, 3.05) is 49.8 Å². The molecule has 34 heavy (non-hydrogen) atoms. The molecule has 9 nitrogen and oxygen atoms in total. The lowest BCUT2D eigenvalue weighted by atomic mass is 9.95. The first kappa shape index (κ1) is 28.8. The Morgan fingerprint density at radius 3 is 2.62 bits per heavy atom. The first-order valence-corrected chi connectivity index (χ1v) is 15.2. The van der Waals surface area contributed by atoms with Gasteiger partial charge in [0.25, 0.3) is 5.91 Å². The van der Waals surface area contributed by atoms with Gasteiger partial charge in [-0.2, -0.15) is 11.8 Å². The summed E-state index contributed by atoms with van der Waals surface area (Å²) in [6.45, 7) is 12.7. The Balaban J connectivity index is 2.35. The van der Waals surface area contributed by atoms with Gasteiger partial charge in [-0.15, -0.1) is 0 Å². The van der Waals surface area contributed by atoms with Crippen molar-refractivity contribution in [1.82, 2.24) is 24.9 Å². The molecule has 0 saturated carbocycles. The van der Waals surface area contributed by atoms with E-state index in [0.29, 0.717) is 43.3 Å². The lowest BCUT2D eigenvalue weighted by Crippen LogP contribution is -2.57. The number of aromatic nitrogens is 2. The molecule has 2 atom stereocenters. The average Bonchev–Trinajstić information content (AvgIpc) is 2.72. The highest BCUT2D eigenvalue weighted by Crippen LogP contribution is 2.24. The summed E-state index contributed by atoms with van der Waals surface area (Å²) < 4.78 is 26.2. The molecular formula is C23H42N6O3S2. The summed E-state index contributed by atoms with van der Waals surface area (Å²) in [5.74, 6) is 2.39. The van der Waals surface area contributed by atoms with E-state index in [9.17, 15) is 13.2 Å². The van der Waals surface area contributed by atoms with Gasteiger partial charge in [-0.25, -0.2) is 23.1 Å². The van der Waals surface area contributed by atoms with E-state index in [4.69, 9.17) is 4.98 Å². The van der Waals surface area contributed by atoms with Gasteiger partial charge >= 0.3 is 0 Å². The van der Waals surface area contributed by atoms with E-state index in [2.05, 4.69) is 61.2 Å². The van der Waals surface area contributed by atoms with Gasteiger partial charge < -0.3 is 15.5 Å². The van der Waals surface area contributed by atoms with E-state index < -0.39 is 10.0 Å². The molecule has 3 N–H and O–H groups in total. The number of hydrogen-bond donors (Lipinski definition) is 3. The maximum absolute atomic E-state index is 13.9. The zero-order valence-corrected chi connectivity index (χ0v) is 23.3. The van der Waals surface area contributed by atoms with Gasteiger partial charge in [0.15, 0.2) is 0 Å². The van der Waals surface area contributed by atoms with Crippen molar-refractivity contribution in [2.45, 2.75) is 65.0 Å². The predicted molar refractivity (Wildman–Crippen MR) is 141 cm³/mol. The van der Waals surface area contributed by atoms with Crippen LogP contribution in [0.25, 0.3) is 0 Å². The van der Waals surface area contributed by atoms with E-state index in [1.165, 1.54) is 0 Å². The predicted octanol–water partition coefficient (Wildman–Crippen LogP) is 2.32. The number of rotatable bonds is 11. The molecule has 0 unspecified atom stereocenters. The Labute approximate surface area is 209 Å². The van der Waals surface area contributed by atoms with Gasteiger partial charge in [-0.05, 0) is 30.8 Å². The van der Waals surface area contributed by atoms with Gasteiger partial charge in [0.1, 0.15) is 17.2 Å². The highest BCUT2D eigenvalue weighted by atomic mass is 32.2. The van der Waals surface area contributed by atoms with Crippen LogP contribution in [0.15, 0.2) is 6.20 Å². The fourth-order valence-electron chi connectivity index (χ4n) is 3.95.